The van der Waals surface area contributed by atoms with E-state index in [0.717, 1.165) is 0 Å². The first-order valence-electron chi connectivity index (χ1n) is 5.23. The summed E-state index contributed by atoms with van der Waals surface area (Å²) < 4.78 is 72.0. The molecule has 0 unspecified atom stereocenters. The van der Waals surface area contributed by atoms with Crippen molar-refractivity contribution in [2.75, 3.05) is 7.11 Å². The van der Waals surface area contributed by atoms with Crippen LogP contribution in [-0.4, -0.2) is 7.11 Å². The standard InChI is InChI=1S/C13H6F5IO/c1-20-7-3-2-5(4-6(7)19)8-9(14)11(16)13(18)12(17)10(8)15/h2-4H,1H3. The summed E-state index contributed by atoms with van der Waals surface area (Å²) in [4.78, 5) is 0. The molecule has 0 aliphatic heterocycles. The second-order valence-corrected chi connectivity index (χ2v) is 4.96. The van der Waals surface area contributed by atoms with Crippen LogP contribution in [0, 0.1) is 32.7 Å². The Bertz CT molecular complexity index is 658. The summed E-state index contributed by atoms with van der Waals surface area (Å²) in [6, 6.07) is 3.88. The molecule has 0 aliphatic rings. The zero-order chi connectivity index (χ0) is 15.0. The lowest BCUT2D eigenvalue weighted by atomic mass is 10.0. The van der Waals surface area contributed by atoms with E-state index in [-0.39, 0.29) is 5.56 Å². The highest BCUT2D eigenvalue weighted by molar-refractivity contribution is 14.1. The first-order chi connectivity index (χ1) is 9.38. The molecule has 20 heavy (non-hydrogen) atoms. The van der Waals surface area contributed by atoms with Gasteiger partial charge in [0, 0.05) is 0 Å². The fourth-order valence-electron chi connectivity index (χ4n) is 1.68. The van der Waals surface area contributed by atoms with E-state index in [0.29, 0.717) is 9.32 Å². The van der Waals surface area contributed by atoms with Gasteiger partial charge in [-0.3, -0.25) is 0 Å². The average Bonchev–Trinajstić information content (AvgIpc) is 2.43. The molecule has 0 amide bonds. The highest BCUT2D eigenvalue weighted by atomic mass is 127. The molecule has 2 aromatic carbocycles. The fourth-order valence-corrected chi connectivity index (χ4v) is 2.42. The van der Waals surface area contributed by atoms with Gasteiger partial charge in [-0.25, -0.2) is 22.0 Å². The van der Waals surface area contributed by atoms with Crippen LogP contribution in [0.15, 0.2) is 18.2 Å². The fraction of sp³-hybridized carbons (Fsp3) is 0.0769. The third kappa shape index (κ3) is 2.34. The monoisotopic (exact) mass is 400 g/mol. The molecule has 0 fully saturated rings. The molecule has 2 aromatic rings. The van der Waals surface area contributed by atoms with E-state index in [9.17, 15) is 22.0 Å². The number of benzene rings is 2. The largest absolute Gasteiger partial charge is 0.496 e. The predicted molar refractivity (Wildman–Crippen MR) is 70.9 cm³/mol. The number of halogens is 6. The van der Waals surface area contributed by atoms with Gasteiger partial charge < -0.3 is 4.74 Å². The van der Waals surface area contributed by atoms with Crippen LogP contribution in [0.1, 0.15) is 0 Å². The molecule has 2 rings (SSSR count). The average molecular weight is 400 g/mol. The maximum absolute atomic E-state index is 13.6. The number of hydrogen-bond acceptors (Lipinski definition) is 1. The zero-order valence-corrected chi connectivity index (χ0v) is 12.1. The first kappa shape index (κ1) is 15.0. The lowest BCUT2D eigenvalue weighted by Gasteiger charge is -2.10. The Hall–Kier alpha value is -1.38. The van der Waals surface area contributed by atoms with Gasteiger partial charge >= 0.3 is 0 Å². The van der Waals surface area contributed by atoms with Crippen molar-refractivity contribution < 1.29 is 26.7 Å². The molecule has 7 heteroatoms. The lowest BCUT2D eigenvalue weighted by molar-refractivity contribution is 0.381. The molecule has 0 heterocycles. The second-order valence-electron chi connectivity index (χ2n) is 3.79. The molecule has 0 saturated carbocycles. The lowest BCUT2D eigenvalue weighted by Crippen LogP contribution is -2.04. The maximum Gasteiger partial charge on any atom is 0.200 e. The Kier molecular flexibility index (Phi) is 4.17. The summed E-state index contributed by atoms with van der Waals surface area (Å²) in [5.41, 5.74) is -1.08. The minimum Gasteiger partial charge on any atom is -0.496 e. The van der Waals surface area contributed by atoms with Gasteiger partial charge in [-0.15, -0.1) is 0 Å². The van der Waals surface area contributed by atoms with E-state index in [1.807, 2.05) is 22.6 Å². The molecule has 0 aromatic heterocycles. The van der Waals surface area contributed by atoms with Gasteiger partial charge in [0.2, 0.25) is 5.82 Å². The van der Waals surface area contributed by atoms with Gasteiger partial charge in [0.25, 0.3) is 0 Å². The molecule has 1 nitrogen and oxygen atoms in total. The summed E-state index contributed by atoms with van der Waals surface area (Å²) in [5, 5.41) is 0. The van der Waals surface area contributed by atoms with Crippen LogP contribution in [0.5, 0.6) is 5.75 Å². The molecule has 0 aliphatic carbocycles. The summed E-state index contributed by atoms with van der Waals surface area (Å²) in [5.74, 6) is -9.40. The second kappa shape index (κ2) is 5.55. The Morgan fingerprint density at radius 1 is 0.850 bits per heavy atom. The summed E-state index contributed by atoms with van der Waals surface area (Å²) in [6.07, 6.45) is 0. The summed E-state index contributed by atoms with van der Waals surface area (Å²) >= 11 is 1.83. The quantitative estimate of drug-likeness (QED) is 0.309. The van der Waals surface area contributed by atoms with Gasteiger partial charge in [0.05, 0.1) is 16.2 Å². The van der Waals surface area contributed by atoms with Gasteiger partial charge in [0.15, 0.2) is 23.3 Å². The number of methoxy groups -OCH3 is 1. The Morgan fingerprint density at radius 3 is 1.80 bits per heavy atom. The van der Waals surface area contributed by atoms with E-state index in [1.54, 1.807) is 0 Å². The van der Waals surface area contributed by atoms with Crippen molar-refractivity contribution in [1.29, 1.82) is 0 Å². The summed E-state index contributed by atoms with van der Waals surface area (Å²) in [7, 11) is 1.40. The van der Waals surface area contributed by atoms with E-state index in [2.05, 4.69) is 0 Å². The van der Waals surface area contributed by atoms with Crippen LogP contribution in [0.4, 0.5) is 22.0 Å². The van der Waals surface area contributed by atoms with Crippen molar-refractivity contribution in [3.8, 4) is 16.9 Å². The van der Waals surface area contributed by atoms with Crippen LogP contribution < -0.4 is 4.74 Å². The van der Waals surface area contributed by atoms with Gasteiger partial charge in [-0.05, 0) is 40.3 Å². The minimum absolute atomic E-state index is 0.122. The summed E-state index contributed by atoms with van der Waals surface area (Å²) in [6.45, 7) is 0. The van der Waals surface area contributed by atoms with E-state index >= 15 is 0 Å². The van der Waals surface area contributed by atoms with Crippen molar-refractivity contribution in [2.24, 2.45) is 0 Å². The number of rotatable bonds is 2. The molecule has 106 valence electrons. The zero-order valence-electron chi connectivity index (χ0n) is 9.91. The molecule has 0 bridgehead atoms. The van der Waals surface area contributed by atoms with Gasteiger partial charge in [0.1, 0.15) is 5.75 Å². The molecule has 0 atom stereocenters. The topological polar surface area (TPSA) is 9.23 Å². The highest BCUT2D eigenvalue weighted by Crippen LogP contribution is 2.34. The van der Waals surface area contributed by atoms with E-state index in [4.69, 9.17) is 4.74 Å². The molecule has 0 saturated heterocycles. The van der Waals surface area contributed by atoms with E-state index in [1.165, 1.54) is 25.3 Å². The van der Waals surface area contributed by atoms with Crippen molar-refractivity contribution in [3.05, 3.63) is 50.9 Å². The van der Waals surface area contributed by atoms with Gasteiger partial charge in [-0.1, -0.05) is 6.07 Å². The van der Waals surface area contributed by atoms with Crippen molar-refractivity contribution >= 4 is 22.6 Å². The third-order valence-electron chi connectivity index (χ3n) is 2.65. The SMILES string of the molecule is COc1ccc(-c2c(F)c(F)c(F)c(F)c2F)cc1I. The Balaban J connectivity index is 2.73. The smallest absolute Gasteiger partial charge is 0.200 e. The van der Waals surface area contributed by atoms with Crippen molar-refractivity contribution in [1.82, 2.24) is 0 Å². The molecule has 0 N–H and O–H groups in total. The van der Waals surface area contributed by atoms with Crippen LogP contribution in [0.25, 0.3) is 11.1 Å². The highest BCUT2D eigenvalue weighted by Gasteiger charge is 2.26. The van der Waals surface area contributed by atoms with Gasteiger partial charge in [-0.2, -0.15) is 0 Å². The van der Waals surface area contributed by atoms with Crippen molar-refractivity contribution in [3.63, 3.8) is 0 Å². The van der Waals surface area contributed by atoms with E-state index < -0.39 is 34.6 Å². The maximum atomic E-state index is 13.6. The first-order valence-corrected chi connectivity index (χ1v) is 6.31. The normalized spacial score (nSPS) is 10.8. The van der Waals surface area contributed by atoms with Crippen LogP contribution in [0.2, 0.25) is 0 Å². The third-order valence-corrected chi connectivity index (χ3v) is 3.49. The molecular formula is C13H6F5IO. The molecule has 0 radical (unpaired) electrons. The van der Waals surface area contributed by atoms with Crippen LogP contribution >= 0.6 is 22.6 Å². The Morgan fingerprint density at radius 2 is 1.35 bits per heavy atom. The number of hydrogen-bond donors (Lipinski definition) is 0. The minimum atomic E-state index is -2.17. The predicted octanol–water partition coefficient (Wildman–Crippen LogP) is 4.66. The molecular weight excluding hydrogens is 394 g/mol. The van der Waals surface area contributed by atoms with Crippen LogP contribution in [-0.2, 0) is 0 Å². The van der Waals surface area contributed by atoms with Crippen molar-refractivity contribution in [2.45, 2.75) is 0 Å². The number of ether oxygens (including phenoxy) is 1. The Labute approximate surface area is 124 Å². The van der Waals surface area contributed by atoms with Crippen LogP contribution in [0.3, 0.4) is 0 Å². The molecule has 0 spiro atoms.